The minimum Gasteiger partial charge on any atom is -0.481 e. The summed E-state index contributed by atoms with van der Waals surface area (Å²) in [4.78, 5) is 11.1. The van der Waals surface area contributed by atoms with E-state index in [2.05, 4.69) is 14.9 Å². The van der Waals surface area contributed by atoms with Gasteiger partial charge in [-0.15, -0.1) is 0 Å². The third-order valence-corrected chi connectivity index (χ3v) is 5.42. The number of nitrogens with zero attached hydrogens (tertiary/aromatic N) is 1. The second-order valence-electron chi connectivity index (χ2n) is 5.38. The van der Waals surface area contributed by atoms with Gasteiger partial charge in [0.2, 0.25) is 10.0 Å². The van der Waals surface area contributed by atoms with Crippen molar-refractivity contribution in [2.45, 2.75) is 55.9 Å². The van der Waals surface area contributed by atoms with Crippen LogP contribution < -0.4 is 4.72 Å². The van der Waals surface area contributed by atoms with Crippen LogP contribution in [0.25, 0.3) is 0 Å². The van der Waals surface area contributed by atoms with E-state index in [4.69, 9.17) is 5.11 Å². The first-order valence-electron chi connectivity index (χ1n) is 6.60. The van der Waals surface area contributed by atoms with Gasteiger partial charge in [-0.3, -0.25) is 9.89 Å². The molecule has 0 atom stereocenters. The molecular weight excluding hydrogens is 282 g/mol. The van der Waals surface area contributed by atoms with Crippen molar-refractivity contribution in [2.75, 3.05) is 0 Å². The average Bonchev–Trinajstić information content (AvgIpc) is 2.75. The number of carboxylic acids is 1. The van der Waals surface area contributed by atoms with Crippen molar-refractivity contribution in [1.29, 1.82) is 0 Å². The smallest absolute Gasteiger partial charge is 0.305 e. The number of aryl methyl sites for hydroxylation is 1. The molecule has 1 aromatic heterocycles. The molecule has 1 aliphatic rings. The summed E-state index contributed by atoms with van der Waals surface area (Å²) in [6, 6.07) is 0. The van der Waals surface area contributed by atoms with Gasteiger partial charge in [-0.05, 0) is 19.8 Å². The van der Waals surface area contributed by atoms with Crippen LogP contribution in [-0.2, 0) is 14.8 Å². The molecule has 1 heterocycles. The zero-order valence-corrected chi connectivity index (χ0v) is 12.2. The van der Waals surface area contributed by atoms with E-state index in [1.807, 2.05) is 0 Å². The molecule has 112 valence electrons. The molecule has 1 aliphatic carbocycles. The molecule has 0 spiro atoms. The van der Waals surface area contributed by atoms with E-state index in [9.17, 15) is 13.2 Å². The molecule has 3 N–H and O–H groups in total. The van der Waals surface area contributed by atoms with Crippen LogP contribution in [0, 0.1) is 6.92 Å². The summed E-state index contributed by atoms with van der Waals surface area (Å²) in [5.41, 5.74) is -0.439. The van der Waals surface area contributed by atoms with Crippen LogP contribution in [0.3, 0.4) is 0 Å². The fourth-order valence-electron chi connectivity index (χ4n) is 2.78. The summed E-state index contributed by atoms with van der Waals surface area (Å²) in [5, 5.41) is 15.3. The molecule has 20 heavy (non-hydrogen) atoms. The molecule has 0 saturated heterocycles. The molecule has 0 bridgehead atoms. The number of aromatic nitrogens is 2. The van der Waals surface area contributed by atoms with E-state index in [0.717, 1.165) is 19.3 Å². The number of sulfonamides is 1. The molecule has 8 heteroatoms. The molecule has 0 unspecified atom stereocenters. The fraction of sp³-hybridized carbons (Fsp3) is 0.667. The number of hydrogen-bond donors (Lipinski definition) is 3. The lowest BCUT2D eigenvalue weighted by Crippen LogP contribution is -2.51. The van der Waals surface area contributed by atoms with Gasteiger partial charge in [0.05, 0.1) is 18.3 Å². The summed E-state index contributed by atoms with van der Waals surface area (Å²) >= 11 is 0. The Morgan fingerprint density at radius 3 is 2.60 bits per heavy atom. The van der Waals surface area contributed by atoms with Gasteiger partial charge in [0.15, 0.2) is 0 Å². The van der Waals surface area contributed by atoms with Crippen molar-refractivity contribution in [2.24, 2.45) is 0 Å². The van der Waals surface area contributed by atoms with Gasteiger partial charge in [0.25, 0.3) is 0 Å². The zero-order valence-electron chi connectivity index (χ0n) is 11.3. The monoisotopic (exact) mass is 301 g/mol. The molecule has 1 fully saturated rings. The number of nitrogens with one attached hydrogen (secondary N) is 2. The van der Waals surface area contributed by atoms with E-state index < -0.39 is 21.5 Å². The topological polar surface area (TPSA) is 112 Å². The van der Waals surface area contributed by atoms with E-state index in [1.165, 1.54) is 6.20 Å². The molecule has 0 radical (unpaired) electrons. The molecule has 2 rings (SSSR count). The zero-order chi connectivity index (χ0) is 14.8. The number of rotatable bonds is 5. The van der Waals surface area contributed by atoms with Gasteiger partial charge in [-0.2, -0.15) is 5.10 Å². The highest BCUT2D eigenvalue weighted by atomic mass is 32.2. The Labute approximate surface area is 117 Å². The molecule has 0 amide bonds. The van der Waals surface area contributed by atoms with Gasteiger partial charge >= 0.3 is 5.97 Å². The Hall–Kier alpha value is -1.41. The minimum absolute atomic E-state index is 0.0767. The summed E-state index contributed by atoms with van der Waals surface area (Å²) in [6.45, 7) is 1.62. The first-order chi connectivity index (χ1) is 9.35. The number of aliphatic carboxylic acids is 1. The van der Waals surface area contributed by atoms with Crippen LogP contribution >= 0.6 is 0 Å². The van der Waals surface area contributed by atoms with Crippen LogP contribution in [0.5, 0.6) is 0 Å². The normalized spacial score (nSPS) is 18.9. The number of hydrogen-bond acceptors (Lipinski definition) is 4. The van der Waals surface area contributed by atoms with Crippen LogP contribution in [0.2, 0.25) is 0 Å². The van der Waals surface area contributed by atoms with Crippen LogP contribution in [-0.4, -0.2) is 35.2 Å². The fourth-order valence-corrected chi connectivity index (χ4v) is 4.38. The van der Waals surface area contributed by atoms with Gasteiger partial charge in [-0.1, -0.05) is 19.3 Å². The Morgan fingerprint density at radius 2 is 2.10 bits per heavy atom. The third kappa shape index (κ3) is 3.18. The van der Waals surface area contributed by atoms with Crippen molar-refractivity contribution in [1.82, 2.24) is 14.9 Å². The molecule has 7 nitrogen and oxygen atoms in total. The predicted molar refractivity (Wildman–Crippen MR) is 71.7 cm³/mol. The summed E-state index contributed by atoms with van der Waals surface area (Å²) in [6.07, 6.45) is 4.83. The number of aromatic amines is 1. The van der Waals surface area contributed by atoms with Crippen LogP contribution in [0.1, 0.15) is 44.2 Å². The highest BCUT2D eigenvalue weighted by Gasteiger charge is 2.39. The van der Waals surface area contributed by atoms with Crippen molar-refractivity contribution < 1.29 is 18.3 Å². The highest BCUT2D eigenvalue weighted by Crippen LogP contribution is 2.32. The SMILES string of the molecule is Cc1[nH]ncc1S(=O)(=O)NC1(CC(=O)O)CCCCC1. The van der Waals surface area contributed by atoms with E-state index in [1.54, 1.807) is 6.92 Å². The van der Waals surface area contributed by atoms with Crippen molar-refractivity contribution >= 4 is 16.0 Å². The Bertz CT molecular complexity index is 588. The summed E-state index contributed by atoms with van der Waals surface area (Å²) < 4.78 is 27.4. The highest BCUT2D eigenvalue weighted by molar-refractivity contribution is 7.89. The second-order valence-corrected chi connectivity index (χ2v) is 7.03. The maximum absolute atomic E-state index is 12.4. The molecule has 0 aliphatic heterocycles. The molecular formula is C12H19N3O4S. The number of H-pyrrole nitrogens is 1. The van der Waals surface area contributed by atoms with Crippen molar-refractivity contribution in [3.8, 4) is 0 Å². The first kappa shape index (κ1) is 15.0. The Kier molecular flexibility index (Phi) is 4.14. The average molecular weight is 301 g/mol. The summed E-state index contributed by atoms with van der Waals surface area (Å²) in [7, 11) is -3.76. The van der Waals surface area contributed by atoms with Crippen LogP contribution in [0.15, 0.2) is 11.1 Å². The lowest BCUT2D eigenvalue weighted by molar-refractivity contribution is -0.138. The quantitative estimate of drug-likeness (QED) is 0.756. The second kappa shape index (κ2) is 5.53. The largest absolute Gasteiger partial charge is 0.481 e. The van der Waals surface area contributed by atoms with Crippen molar-refractivity contribution in [3.05, 3.63) is 11.9 Å². The first-order valence-corrected chi connectivity index (χ1v) is 8.09. The molecule has 0 aromatic carbocycles. The van der Waals surface area contributed by atoms with Crippen molar-refractivity contribution in [3.63, 3.8) is 0 Å². The van der Waals surface area contributed by atoms with Gasteiger partial charge in [-0.25, -0.2) is 13.1 Å². The Morgan fingerprint density at radius 1 is 1.45 bits per heavy atom. The van der Waals surface area contributed by atoms with Gasteiger partial charge < -0.3 is 5.11 Å². The lowest BCUT2D eigenvalue weighted by atomic mass is 9.80. The van der Waals surface area contributed by atoms with E-state index >= 15 is 0 Å². The maximum atomic E-state index is 12.4. The van der Waals surface area contributed by atoms with E-state index in [-0.39, 0.29) is 11.3 Å². The molecule has 1 saturated carbocycles. The standard InChI is InChI=1S/C12H19N3O4S/c1-9-10(8-13-14-9)20(18,19)15-12(7-11(16)17)5-3-2-4-6-12/h8,15H,2-7H2,1H3,(H,13,14)(H,16,17). The predicted octanol–water partition coefficient (Wildman–Crippen LogP) is 1.17. The van der Waals surface area contributed by atoms with Gasteiger partial charge in [0.1, 0.15) is 4.90 Å². The maximum Gasteiger partial charge on any atom is 0.305 e. The number of carboxylic acid groups (broad SMARTS) is 1. The number of carbonyl (C=O) groups is 1. The lowest BCUT2D eigenvalue weighted by Gasteiger charge is -2.36. The third-order valence-electron chi connectivity index (χ3n) is 3.72. The molecule has 1 aromatic rings. The Balaban J connectivity index is 2.28. The minimum atomic E-state index is -3.76. The summed E-state index contributed by atoms with van der Waals surface area (Å²) in [5.74, 6) is -0.987. The van der Waals surface area contributed by atoms with Gasteiger partial charge in [0, 0.05) is 5.54 Å². The van der Waals surface area contributed by atoms with E-state index in [0.29, 0.717) is 18.5 Å². The van der Waals surface area contributed by atoms with Crippen LogP contribution in [0.4, 0.5) is 0 Å².